The van der Waals surface area contributed by atoms with Crippen molar-refractivity contribution in [3.63, 3.8) is 0 Å². The number of aromatic nitrogens is 3. The smallest absolute Gasteiger partial charge is 0.233 e. The lowest BCUT2D eigenvalue weighted by molar-refractivity contribution is -0.128. The van der Waals surface area contributed by atoms with E-state index in [1.807, 2.05) is 34.5 Å². The Morgan fingerprint density at radius 3 is 2.67 bits per heavy atom. The van der Waals surface area contributed by atoms with Crippen LogP contribution >= 0.6 is 23.1 Å². The van der Waals surface area contributed by atoms with Gasteiger partial charge >= 0.3 is 0 Å². The number of thioether (sulfide) groups is 1. The summed E-state index contributed by atoms with van der Waals surface area (Å²) in [6.45, 7) is 2.94. The molecule has 0 radical (unpaired) electrons. The molecule has 27 heavy (non-hydrogen) atoms. The van der Waals surface area contributed by atoms with Crippen molar-refractivity contribution in [2.45, 2.75) is 5.16 Å². The number of hydrogen-bond acceptors (Lipinski definition) is 7. The molecule has 1 fully saturated rings. The molecule has 3 aromatic rings. The quantitative estimate of drug-likeness (QED) is 0.640. The van der Waals surface area contributed by atoms with E-state index in [0.29, 0.717) is 24.0 Å². The summed E-state index contributed by atoms with van der Waals surface area (Å²) in [4.78, 5) is 22.1. The van der Waals surface area contributed by atoms with Crippen LogP contribution in [0.5, 0.6) is 5.75 Å². The average Bonchev–Trinajstić information content (AvgIpc) is 3.38. The standard InChI is InChI=1S/C18H19N5O2S2/c24-14-5-3-13(4-6-14)22-7-9-23(10-8-22)16(25)12-27-18-19-17(20-21-18)15-2-1-11-26-15/h1-6,11,24H,7-10,12H2,(H,19,20,21). The molecule has 0 aliphatic carbocycles. The van der Waals surface area contributed by atoms with E-state index >= 15 is 0 Å². The zero-order chi connectivity index (χ0) is 18.6. The van der Waals surface area contributed by atoms with Crippen LogP contribution in [-0.2, 0) is 4.79 Å². The van der Waals surface area contributed by atoms with Gasteiger partial charge in [-0.05, 0) is 35.7 Å². The van der Waals surface area contributed by atoms with Gasteiger partial charge in [0.1, 0.15) is 5.75 Å². The average molecular weight is 402 g/mol. The Morgan fingerprint density at radius 1 is 1.19 bits per heavy atom. The fourth-order valence-electron chi connectivity index (χ4n) is 2.93. The van der Waals surface area contributed by atoms with E-state index < -0.39 is 0 Å². The van der Waals surface area contributed by atoms with Gasteiger partial charge in [0, 0.05) is 31.9 Å². The third-order valence-corrected chi connectivity index (χ3v) is 6.10. The number of aromatic amines is 1. The molecule has 1 aliphatic heterocycles. The van der Waals surface area contributed by atoms with Crippen LogP contribution in [0, 0.1) is 0 Å². The van der Waals surface area contributed by atoms with Gasteiger partial charge in [-0.15, -0.1) is 16.4 Å². The molecule has 1 saturated heterocycles. The molecular formula is C18H19N5O2S2. The van der Waals surface area contributed by atoms with Gasteiger partial charge in [0.05, 0.1) is 10.6 Å². The maximum atomic E-state index is 12.5. The molecule has 1 aliphatic rings. The minimum absolute atomic E-state index is 0.104. The Kier molecular flexibility index (Phi) is 5.30. The van der Waals surface area contributed by atoms with Crippen LogP contribution in [0.25, 0.3) is 10.7 Å². The van der Waals surface area contributed by atoms with Crippen molar-refractivity contribution >= 4 is 34.7 Å². The molecule has 1 amide bonds. The van der Waals surface area contributed by atoms with Crippen LogP contribution in [0.3, 0.4) is 0 Å². The summed E-state index contributed by atoms with van der Waals surface area (Å²) >= 11 is 2.96. The van der Waals surface area contributed by atoms with Crippen molar-refractivity contribution in [1.82, 2.24) is 20.1 Å². The van der Waals surface area contributed by atoms with Crippen molar-refractivity contribution in [1.29, 1.82) is 0 Å². The molecule has 1 aromatic carbocycles. The third-order valence-electron chi connectivity index (χ3n) is 4.39. The zero-order valence-electron chi connectivity index (χ0n) is 14.5. The molecule has 4 rings (SSSR count). The van der Waals surface area contributed by atoms with Gasteiger partial charge in [0.25, 0.3) is 0 Å². The monoisotopic (exact) mass is 401 g/mol. The van der Waals surface area contributed by atoms with Crippen molar-refractivity contribution in [2.75, 3.05) is 36.8 Å². The summed E-state index contributed by atoms with van der Waals surface area (Å²) in [5.41, 5.74) is 1.07. The summed E-state index contributed by atoms with van der Waals surface area (Å²) in [6, 6.07) is 11.1. The Labute approximate surface area is 165 Å². The van der Waals surface area contributed by atoms with Gasteiger partial charge in [-0.2, -0.15) is 0 Å². The summed E-state index contributed by atoms with van der Waals surface area (Å²) in [5.74, 6) is 1.44. The number of nitrogens with zero attached hydrogens (tertiary/aromatic N) is 4. The Morgan fingerprint density at radius 2 is 1.96 bits per heavy atom. The Balaban J connectivity index is 1.27. The number of phenolic OH excluding ortho intramolecular Hbond substituents is 1. The number of phenols is 1. The maximum absolute atomic E-state index is 12.5. The molecule has 0 unspecified atom stereocenters. The molecule has 0 bridgehead atoms. The van der Waals surface area contributed by atoms with E-state index in [2.05, 4.69) is 20.1 Å². The predicted octanol–water partition coefficient (Wildman–Crippen LogP) is 2.68. The van der Waals surface area contributed by atoms with E-state index in [9.17, 15) is 9.90 Å². The van der Waals surface area contributed by atoms with Crippen LogP contribution in [0.4, 0.5) is 5.69 Å². The van der Waals surface area contributed by atoms with Crippen LogP contribution in [0.15, 0.2) is 46.9 Å². The number of thiophene rings is 1. The van der Waals surface area contributed by atoms with Crippen molar-refractivity contribution in [3.05, 3.63) is 41.8 Å². The van der Waals surface area contributed by atoms with Crippen molar-refractivity contribution in [2.24, 2.45) is 0 Å². The van der Waals surface area contributed by atoms with Gasteiger partial charge in [-0.3, -0.25) is 9.89 Å². The van der Waals surface area contributed by atoms with E-state index in [-0.39, 0.29) is 11.7 Å². The predicted molar refractivity (Wildman–Crippen MR) is 107 cm³/mol. The van der Waals surface area contributed by atoms with Crippen LogP contribution < -0.4 is 4.90 Å². The summed E-state index contributed by atoms with van der Waals surface area (Å²) < 4.78 is 0. The molecule has 2 aromatic heterocycles. The van der Waals surface area contributed by atoms with Crippen LogP contribution in [-0.4, -0.2) is 63.0 Å². The third kappa shape index (κ3) is 4.25. The number of nitrogens with one attached hydrogen (secondary N) is 1. The van der Waals surface area contributed by atoms with Crippen molar-refractivity contribution in [3.8, 4) is 16.5 Å². The first-order valence-corrected chi connectivity index (χ1v) is 10.5. The number of carbonyl (C=O) groups excluding carboxylic acids is 1. The highest BCUT2D eigenvalue weighted by Crippen LogP contribution is 2.24. The van der Waals surface area contributed by atoms with Gasteiger partial charge in [-0.25, -0.2) is 4.98 Å². The normalized spacial score (nSPS) is 14.5. The first-order chi connectivity index (χ1) is 13.2. The van der Waals surface area contributed by atoms with E-state index in [1.54, 1.807) is 23.5 Å². The minimum atomic E-state index is 0.104. The van der Waals surface area contributed by atoms with Gasteiger partial charge in [0.2, 0.25) is 11.1 Å². The van der Waals surface area contributed by atoms with Crippen LogP contribution in [0.2, 0.25) is 0 Å². The van der Waals surface area contributed by atoms with E-state index in [4.69, 9.17) is 0 Å². The molecule has 9 heteroatoms. The highest BCUT2D eigenvalue weighted by Gasteiger charge is 2.22. The fourth-order valence-corrected chi connectivity index (χ4v) is 4.29. The molecule has 0 atom stereocenters. The molecule has 3 heterocycles. The van der Waals surface area contributed by atoms with Gasteiger partial charge in [0.15, 0.2) is 5.82 Å². The molecule has 0 spiro atoms. The Bertz CT molecular complexity index is 887. The number of benzene rings is 1. The minimum Gasteiger partial charge on any atom is -0.508 e. The highest BCUT2D eigenvalue weighted by atomic mass is 32.2. The number of piperazine rings is 1. The number of rotatable bonds is 5. The molecular weight excluding hydrogens is 382 g/mol. The largest absolute Gasteiger partial charge is 0.508 e. The van der Waals surface area contributed by atoms with E-state index in [1.165, 1.54) is 11.8 Å². The number of aromatic hydroxyl groups is 1. The second-order valence-electron chi connectivity index (χ2n) is 6.12. The molecule has 0 saturated carbocycles. The lowest BCUT2D eigenvalue weighted by Crippen LogP contribution is -2.49. The summed E-state index contributed by atoms with van der Waals surface area (Å²) in [5, 5.41) is 19.1. The number of anilines is 1. The number of carbonyl (C=O) groups is 1. The fraction of sp³-hybridized carbons (Fsp3) is 0.278. The summed E-state index contributed by atoms with van der Waals surface area (Å²) in [6.07, 6.45) is 0. The van der Waals surface area contributed by atoms with Crippen LogP contribution in [0.1, 0.15) is 0 Å². The number of H-pyrrole nitrogens is 1. The molecule has 2 N–H and O–H groups in total. The highest BCUT2D eigenvalue weighted by molar-refractivity contribution is 7.99. The zero-order valence-corrected chi connectivity index (χ0v) is 16.2. The first-order valence-electron chi connectivity index (χ1n) is 8.60. The molecule has 140 valence electrons. The second-order valence-corrected chi connectivity index (χ2v) is 8.01. The maximum Gasteiger partial charge on any atom is 0.233 e. The van der Waals surface area contributed by atoms with E-state index in [0.717, 1.165) is 29.5 Å². The SMILES string of the molecule is O=C(CSc1n[nH]c(-c2cccs2)n1)N1CCN(c2ccc(O)cc2)CC1. The molecule has 7 nitrogen and oxygen atoms in total. The van der Waals surface area contributed by atoms with Crippen molar-refractivity contribution < 1.29 is 9.90 Å². The number of amides is 1. The second kappa shape index (κ2) is 8.01. The number of hydrogen-bond donors (Lipinski definition) is 2. The topological polar surface area (TPSA) is 85.4 Å². The van der Waals surface area contributed by atoms with Gasteiger partial charge < -0.3 is 14.9 Å². The summed E-state index contributed by atoms with van der Waals surface area (Å²) in [7, 11) is 0. The first kappa shape index (κ1) is 17.9. The lowest BCUT2D eigenvalue weighted by Gasteiger charge is -2.36. The lowest BCUT2D eigenvalue weighted by atomic mass is 10.2. The Hall–Kier alpha value is -2.52. The van der Waals surface area contributed by atoms with Gasteiger partial charge in [-0.1, -0.05) is 17.8 Å².